The Hall–Kier alpha value is -0.570. The van der Waals surface area contributed by atoms with Crippen molar-refractivity contribution in [2.24, 2.45) is 29.1 Å². The summed E-state index contributed by atoms with van der Waals surface area (Å²) in [6.45, 7) is 4.16. The second-order valence-corrected chi connectivity index (χ2v) is 6.97. The van der Waals surface area contributed by atoms with Gasteiger partial charge < -0.3 is 10.2 Å². The molecule has 0 aromatic rings. The molecule has 4 fully saturated rings. The normalized spacial score (nSPS) is 52.1. The highest BCUT2D eigenvalue weighted by molar-refractivity contribution is 5.75. The van der Waals surface area contributed by atoms with E-state index < -0.39 is 17.0 Å². The Morgan fingerprint density at radius 3 is 2.12 bits per heavy atom. The van der Waals surface area contributed by atoms with E-state index in [2.05, 4.69) is 13.8 Å². The van der Waals surface area contributed by atoms with Crippen molar-refractivity contribution in [3.63, 3.8) is 0 Å². The molecule has 96 valence electrons. The number of carboxylic acid groups (broad SMARTS) is 1. The van der Waals surface area contributed by atoms with Crippen LogP contribution in [0.2, 0.25) is 0 Å². The second-order valence-electron chi connectivity index (χ2n) is 6.97. The van der Waals surface area contributed by atoms with Crippen molar-refractivity contribution in [1.29, 1.82) is 0 Å². The number of carboxylic acids is 1. The van der Waals surface area contributed by atoms with Gasteiger partial charge in [-0.2, -0.15) is 0 Å². The summed E-state index contributed by atoms with van der Waals surface area (Å²) in [5, 5.41) is 20.5. The van der Waals surface area contributed by atoms with Crippen molar-refractivity contribution in [3.8, 4) is 0 Å². The lowest BCUT2D eigenvalue weighted by Gasteiger charge is -2.63. The molecule has 0 heterocycles. The number of aliphatic carboxylic acids is 1. The number of aliphatic hydroxyl groups is 1. The summed E-state index contributed by atoms with van der Waals surface area (Å²) in [7, 11) is 0. The fraction of sp³-hybridized carbons (Fsp3) is 0.929. The molecule has 4 aliphatic carbocycles. The Morgan fingerprint density at radius 1 is 1.18 bits per heavy atom. The summed E-state index contributed by atoms with van der Waals surface area (Å²) in [5.74, 6) is 0.586. The van der Waals surface area contributed by atoms with Gasteiger partial charge in [-0.25, -0.2) is 0 Å². The van der Waals surface area contributed by atoms with E-state index in [1.807, 2.05) is 0 Å². The quantitative estimate of drug-likeness (QED) is 0.776. The van der Waals surface area contributed by atoms with Crippen LogP contribution in [-0.2, 0) is 4.79 Å². The molecule has 0 aromatic carbocycles. The third kappa shape index (κ3) is 1.29. The van der Waals surface area contributed by atoms with Gasteiger partial charge in [0.25, 0.3) is 0 Å². The van der Waals surface area contributed by atoms with E-state index in [0.29, 0.717) is 18.8 Å². The molecular formula is C14H22O3. The minimum absolute atomic E-state index is 0.213. The van der Waals surface area contributed by atoms with Gasteiger partial charge in [0.05, 0.1) is 11.0 Å². The zero-order valence-electron chi connectivity index (χ0n) is 10.6. The maximum absolute atomic E-state index is 11.6. The number of hydrogen-bond acceptors (Lipinski definition) is 2. The number of carbonyl (C=O) groups is 1. The van der Waals surface area contributed by atoms with Crippen LogP contribution in [0, 0.1) is 29.1 Å². The summed E-state index contributed by atoms with van der Waals surface area (Å²) >= 11 is 0. The molecule has 3 nitrogen and oxygen atoms in total. The fourth-order valence-electron chi connectivity index (χ4n) is 5.22. The third-order valence-corrected chi connectivity index (χ3v) is 5.88. The van der Waals surface area contributed by atoms with Crippen molar-refractivity contribution in [2.75, 3.05) is 0 Å². The Kier molecular flexibility index (Phi) is 2.20. The van der Waals surface area contributed by atoms with Crippen LogP contribution in [0.3, 0.4) is 0 Å². The summed E-state index contributed by atoms with van der Waals surface area (Å²) in [5.41, 5.74) is -1.10. The highest BCUT2D eigenvalue weighted by Gasteiger charge is 2.64. The van der Waals surface area contributed by atoms with E-state index in [9.17, 15) is 15.0 Å². The summed E-state index contributed by atoms with van der Waals surface area (Å²) in [6, 6.07) is 0. The van der Waals surface area contributed by atoms with Gasteiger partial charge in [-0.15, -0.1) is 0 Å². The van der Waals surface area contributed by atoms with Crippen LogP contribution in [0.15, 0.2) is 0 Å². The van der Waals surface area contributed by atoms with Crippen LogP contribution in [-0.4, -0.2) is 21.8 Å². The molecule has 0 radical (unpaired) electrons. The first-order valence-electron chi connectivity index (χ1n) is 6.84. The molecule has 4 aliphatic rings. The van der Waals surface area contributed by atoms with Crippen molar-refractivity contribution >= 4 is 5.97 Å². The molecule has 0 saturated heterocycles. The third-order valence-electron chi connectivity index (χ3n) is 5.88. The van der Waals surface area contributed by atoms with Gasteiger partial charge in [0, 0.05) is 0 Å². The first-order chi connectivity index (χ1) is 7.88. The zero-order chi connectivity index (χ0) is 12.4. The van der Waals surface area contributed by atoms with Crippen LogP contribution >= 0.6 is 0 Å². The lowest BCUT2D eigenvalue weighted by molar-refractivity contribution is -0.226. The van der Waals surface area contributed by atoms with E-state index in [4.69, 9.17) is 0 Å². The monoisotopic (exact) mass is 238 g/mol. The smallest absolute Gasteiger partial charge is 0.309 e. The van der Waals surface area contributed by atoms with Gasteiger partial charge >= 0.3 is 5.97 Å². The first kappa shape index (κ1) is 11.5. The van der Waals surface area contributed by atoms with Crippen LogP contribution in [0.5, 0.6) is 0 Å². The van der Waals surface area contributed by atoms with Crippen LogP contribution < -0.4 is 0 Å². The fourth-order valence-corrected chi connectivity index (χ4v) is 5.22. The SMILES string of the molecule is CC(C)C1(O)C2CC3CC1CC(C(=O)O)(C3)C2. The maximum atomic E-state index is 11.6. The van der Waals surface area contributed by atoms with Gasteiger partial charge in [-0.05, 0) is 55.8 Å². The van der Waals surface area contributed by atoms with E-state index in [1.54, 1.807) is 0 Å². The standard InChI is InChI=1S/C14H22O3/c1-8(2)14(17)10-3-9-4-11(14)7-13(5-9,6-10)12(15)16/h8-11,17H,3-7H2,1-2H3,(H,15,16). The second kappa shape index (κ2) is 3.25. The Morgan fingerprint density at radius 2 is 1.71 bits per heavy atom. The molecule has 2 atom stereocenters. The number of hydrogen-bond donors (Lipinski definition) is 2. The van der Waals surface area contributed by atoms with Crippen LogP contribution in [0.1, 0.15) is 46.0 Å². The average Bonchev–Trinajstić information content (AvgIpc) is 2.24. The molecule has 4 bridgehead atoms. The largest absolute Gasteiger partial charge is 0.481 e. The molecule has 4 saturated carbocycles. The van der Waals surface area contributed by atoms with E-state index in [0.717, 1.165) is 19.3 Å². The molecule has 2 unspecified atom stereocenters. The van der Waals surface area contributed by atoms with Crippen LogP contribution in [0.4, 0.5) is 0 Å². The van der Waals surface area contributed by atoms with Gasteiger partial charge in [0.15, 0.2) is 0 Å². The first-order valence-corrected chi connectivity index (χ1v) is 6.84. The molecule has 17 heavy (non-hydrogen) atoms. The van der Waals surface area contributed by atoms with Crippen LogP contribution in [0.25, 0.3) is 0 Å². The van der Waals surface area contributed by atoms with Crippen molar-refractivity contribution in [3.05, 3.63) is 0 Å². The zero-order valence-corrected chi connectivity index (χ0v) is 10.6. The molecule has 2 N–H and O–H groups in total. The molecule has 0 amide bonds. The van der Waals surface area contributed by atoms with Gasteiger partial charge in [0.2, 0.25) is 0 Å². The number of rotatable bonds is 2. The van der Waals surface area contributed by atoms with E-state index in [1.165, 1.54) is 0 Å². The predicted octanol–water partition coefficient (Wildman–Crippen LogP) is 2.28. The Balaban J connectivity index is 1.99. The predicted molar refractivity (Wildman–Crippen MR) is 63.4 cm³/mol. The van der Waals surface area contributed by atoms with Crippen molar-refractivity contribution < 1.29 is 15.0 Å². The topological polar surface area (TPSA) is 57.5 Å². The molecule has 0 spiro atoms. The Labute approximate surface area is 102 Å². The van der Waals surface area contributed by atoms with Gasteiger partial charge in [-0.3, -0.25) is 4.79 Å². The molecule has 4 rings (SSSR count). The summed E-state index contributed by atoms with van der Waals surface area (Å²) < 4.78 is 0. The molecule has 0 aliphatic heterocycles. The van der Waals surface area contributed by atoms with E-state index >= 15 is 0 Å². The Bertz CT molecular complexity index is 344. The van der Waals surface area contributed by atoms with Gasteiger partial charge in [-0.1, -0.05) is 13.8 Å². The lowest BCUT2D eigenvalue weighted by Crippen LogP contribution is -2.64. The van der Waals surface area contributed by atoms with E-state index in [-0.39, 0.29) is 17.8 Å². The highest BCUT2D eigenvalue weighted by Crippen LogP contribution is 2.65. The molecule has 0 aromatic heterocycles. The minimum Gasteiger partial charge on any atom is -0.481 e. The molecule has 3 heteroatoms. The average molecular weight is 238 g/mol. The summed E-state index contributed by atoms with van der Waals surface area (Å²) in [6.07, 6.45) is 4.33. The molecular weight excluding hydrogens is 216 g/mol. The van der Waals surface area contributed by atoms with Gasteiger partial charge in [0.1, 0.15) is 0 Å². The maximum Gasteiger partial charge on any atom is 0.309 e. The minimum atomic E-state index is -0.622. The van der Waals surface area contributed by atoms with Crippen molar-refractivity contribution in [2.45, 2.75) is 51.6 Å². The summed E-state index contributed by atoms with van der Waals surface area (Å²) in [4.78, 5) is 11.6. The van der Waals surface area contributed by atoms with Crippen molar-refractivity contribution in [1.82, 2.24) is 0 Å². The highest BCUT2D eigenvalue weighted by atomic mass is 16.4. The lowest BCUT2D eigenvalue weighted by atomic mass is 9.43.